The minimum atomic E-state index is -0.803. The number of nitrogens with one attached hydrogen (secondary N) is 1. The summed E-state index contributed by atoms with van der Waals surface area (Å²) in [6, 6.07) is 3.88. The smallest absolute Gasteiger partial charge is 0.261 e. The third-order valence-corrected chi connectivity index (χ3v) is 3.44. The SMILES string of the molecule is CCC(C)(C)NC(=O)C(C)Oc1cc(F)ccc1C(C)O. The van der Waals surface area contributed by atoms with Gasteiger partial charge in [-0.3, -0.25) is 4.79 Å². The lowest BCUT2D eigenvalue weighted by Crippen LogP contribution is -2.48. The number of hydrogen-bond acceptors (Lipinski definition) is 3. The van der Waals surface area contributed by atoms with Crippen LogP contribution >= 0.6 is 0 Å². The van der Waals surface area contributed by atoms with Gasteiger partial charge in [-0.2, -0.15) is 0 Å². The molecule has 0 aromatic heterocycles. The summed E-state index contributed by atoms with van der Waals surface area (Å²) in [7, 11) is 0. The Hall–Kier alpha value is -1.62. The molecule has 0 saturated heterocycles. The van der Waals surface area contributed by atoms with E-state index in [1.165, 1.54) is 18.2 Å². The molecule has 2 atom stereocenters. The van der Waals surface area contributed by atoms with Crippen LogP contribution in [0, 0.1) is 5.82 Å². The first-order valence-corrected chi connectivity index (χ1v) is 7.12. The highest BCUT2D eigenvalue weighted by molar-refractivity contribution is 5.81. The lowest BCUT2D eigenvalue weighted by atomic mass is 10.0. The molecular weight excluding hydrogens is 273 g/mol. The molecular formula is C16H24FNO3. The predicted molar refractivity (Wildman–Crippen MR) is 79.6 cm³/mol. The Morgan fingerprint density at radius 1 is 1.43 bits per heavy atom. The number of hydrogen-bond donors (Lipinski definition) is 2. The van der Waals surface area contributed by atoms with Crippen molar-refractivity contribution in [1.82, 2.24) is 5.32 Å². The van der Waals surface area contributed by atoms with Gasteiger partial charge in [0.1, 0.15) is 11.6 Å². The first-order valence-electron chi connectivity index (χ1n) is 7.12. The molecule has 0 saturated carbocycles. The van der Waals surface area contributed by atoms with Crippen molar-refractivity contribution in [3.05, 3.63) is 29.6 Å². The highest BCUT2D eigenvalue weighted by atomic mass is 19.1. The van der Waals surface area contributed by atoms with Crippen molar-refractivity contribution in [2.45, 2.75) is 58.8 Å². The second-order valence-corrected chi connectivity index (χ2v) is 5.84. The van der Waals surface area contributed by atoms with Gasteiger partial charge in [-0.15, -0.1) is 0 Å². The Morgan fingerprint density at radius 3 is 2.57 bits per heavy atom. The van der Waals surface area contributed by atoms with Crippen molar-refractivity contribution in [2.75, 3.05) is 0 Å². The molecule has 0 aliphatic heterocycles. The monoisotopic (exact) mass is 297 g/mol. The van der Waals surface area contributed by atoms with E-state index < -0.39 is 18.0 Å². The molecule has 2 unspecified atom stereocenters. The van der Waals surface area contributed by atoms with Crippen LogP contribution < -0.4 is 10.1 Å². The van der Waals surface area contributed by atoms with Crippen molar-refractivity contribution >= 4 is 5.91 Å². The fourth-order valence-corrected chi connectivity index (χ4v) is 1.72. The van der Waals surface area contributed by atoms with Crippen molar-refractivity contribution < 1.29 is 19.0 Å². The summed E-state index contributed by atoms with van der Waals surface area (Å²) in [5.74, 6) is -0.569. The maximum Gasteiger partial charge on any atom is 0.261 e. The van der Waals surface area contributed by atoms with Gasteiger partial charge < -0.3 is 15.2 Å². The average molecular weight is 297 g/mol. The molecule has 0 aliphatic rings. The van der Waals surface area contributed by atoms with E-state index in [9.17, 15) is 14.3 Å². The van der Waals surface area contributed by atoms with E-state index in [1.807, 2.05) is 20.8 Å². The van der Waals surface area contributed by atoms with Gasteiger partial charge >= 0.3 is 0 Å². The van der Waals surface area contributed by atoms with E-state index in [-0.39, 0.29) is 17.2 Å². The van der Waals surface area contributed by atoms with Gasteiger partial charge in [-0.1, -0.05) is 6.92 Å². The Balaban J connectivity index is 2.85. The maximum atomic E-state index is 13.3. The zero-order valence-electron chi connectivity index (χ0n) is 13.2. The van der Waals surface area contributed by atoms with Gasteiger partial charge in [0, 0.05) is 17.2 Å². The van der Waals surface area contributed by atoms with Gasteiger partial charge in [0.2, 0.25) is 0 Å². The fourth-order valence-electron chi connectivity index (χ4n) is 1.72. The molecule has 0 heterocycles. The molecule has 21 heavy (non-hydrogen) atoms. The normalized spacial score (nSPS) is 14.4. The van der Waals surface area contributed by atoms with Crippen LogP contribution in [0.1, 0.15) is 52.7 Å². The number of halogens is 1. The number of carbonyl (C=O) groups excluding carboxylic acids is 1. The summed E-state index contributed by atoms with van der Waals surface area (Å²) in [6.07, 6.45) is -0.803. The Labute approximate surface area is 125 Å². The number of ether oxygens (including phenoxy) is 1. The van der Waals surface area contributed by atoms with Crippen LogP contribution in [-0.4, -0.2) is 22.7 Å². The Bertz CT molecular complexity index is 500. The minimum Gasteiger partial charge on any atom is -0.480 e. The summed E-state index contributed by atoms with van der Waals surface area (Å²) >= 11 is 0. The molecule has 1 rings (SSSR count). The second kappa shape index (κ2) is 6.89. The molecule has 0 bridgehead atoms. The largest absolute Gasteiger partial charge is 0.480 e. The van der Waals surface area contributed by atoms with Gasteiger partial charge in [-0.25, -0.2) is 4.39 Å². The second-order valence-electron chi connectivity index (χ2n) is 5.84. The zero-order chi connectivity index (χ0) is 16.2. The number of amides is 1. The molecule has 4 nitrogen and oxygen atoms in total. The third-order valence-electron chi connectivity index (χ3n) is 3.44. The Kier molecular flexibility index (Phi) is 5.72. The fraction of sp³-hybridized carbons (Fsp3) is 0.562. The molecule has 5 heteroatoms. The molecule has 0 fully saturated rings. The molecule has 1 aromatic rings. The summed E-state index contributed by atoms with van der Waals surface area (Å²) < 4.78 is 18.9. The molecule has 2 N–H and O–H groups in total. The summed E-state index contributed by atoms with van der Waals surface area (Å²) in [5, 5.41) is 12.5. The number of aliphatic hydroxyl groups excluding tert-OH is 1. The van der Waals surface area contributed by atoms with Gasteiger partial charge in [0.25, 0.3) is 5.91 Å². The standard InChI is InChI=1S/C16H24FNO3/c1-6-16(4,5)18-15(20)11(3)21-14-9-12(17)7-8-13(14)10(2)19/h7-11,19H,6H2,1-5H3,(H,18,20). The lowest BCUT2D eigenvalue weighted by molar-refractivity contribution is -0.129. The third kappa shape index (κ3) is 5.01. The average Bonchev–Trinajstić information content (AvgIpc) is 2.37. The van der Waals surface area contributed by atoms with Crippen molar-refractivity contribution in [3.63, 3.8) is 0 Å². The van der Waals surface area contributed by atoms with E-state index in [1.54, 1.807) is 13.8 Å². The van der Waals surface area contributed by atoms with Crippen molar-refractivity contribution in [2.24, 2.45) is 0 Å². The predicted octanol–water partition coefficient (Wildman–Crippen LogP) is 2.95. The molecule has 1 aromatic carbocycles. The minimum absolute atomic E-state index is 0.182. The van der Waals surface area contributed by atoms with Gasteiger partial charge in [-0.05, 0) is 46.2 Å². The highest BCUT2D eigenvalue weighted by Crippen LogP contribution is 2.27. The number of rotatable bonds is 6. The van der Waals surface area contributed by atoms with E-state index in [0.29, 0.717) is 5.56 Å². The van der Waals surface area contributed by atoms with Crippen LogP contribution in [-0.2, 0) is 4.79 Å². The van der Waals surface area contributed by atoms with E-state index in [4.69, 9.17) is 4.74 Å². The van der Waals surface area contributed by atoms with Crippen LogP contribution in [0.25, 0.3) is 0 Å². The first kappa shape index (κ1) is 17.4. The molecule has 0 radical (unpaired) electrons. The van der Waals surface area contributed by atoms with Crippen molar-refractivity contribution in [1.29, 1.82) is 0 Å². The zero-order valence-corrected chi connectivity index (χ0v) is 13.2. The quantitative estimate of drug-likeness (QED) is 0.848. The maximum absolute atomic E-state index is 13.3. The number of benzene rings is 1. The topological polar surface area (TPSA) is 58.6 Å². The van der Waals surface area contributed by atoms with E-state index >= 15 is 0 Å². The Morgan fingerprint density at radius 2 is 2.05 bits per heavy atom. The van der Waals surface area contributed by atoms with Crippen LogP contribution in [0.4, 0.5) is 4.39 Å². The van der Waals surface area contributed by atoms with E-state index in [2.05, 4.69) is 5.32 Å². The molecule has 118 valence electrons. The van der Waals surface area contributed by atoms with Crippen LogP contribution in [0.3, 0.4) is 0 Å². The number of aliphatic hydroxyl groups is 1. The molecule has 0 aliphatic carbocycles. The molecule has 1 amide bonds. The highest BCUT2D eigenvalue weighted by Gasteiger charge is 2.24. The van der Waals surface area contributed by atoms with Gasteiger partial charge in [0.05, 0.1) is 6.10 Å². The summed E-state index contributed by atoms with van der Waals surface area (Å²) in [5.41, 5.74) is 0.120. The first-order chi connectivity index (χ1) is 9.66. The lowest BCUT2D eigenvalue weighted by Gasteiger charge is -2.27. The van der Waals surface area contributed by atoms with Crippen molar-refractivity contribution in [3.8, 4) is 5.75 Å². The summed E-state index contributed by atoms with van der Waals surface area (Å²) in [4.78, 5) is 12.1. The van der Waals surface area contributed by atoms with Crippen LogP contribution in [0.15, 0.2) is 18.2 Å². The van der Waals surface area contributed by atoms with Gasteiger partial charge in [0.15, 0.2) is 6.10 Å². The molecule has 0 spiro atoms. The van der Waals surface area contributed by atoms with E-state index in [0.717, 1.165) is 6.42 Å². The number of carbonyl (C=O) groups is 1. The summed E-state index contributed by atoms with van der Waals surface area (Å²) in [6.45, 7) is 8.97. The van der Waals surface area contributed by atoms with Crippen LogP contribution in [0.2, 0.25) is 0 Å². The van der Waals surface area contributed by atoms with Crippen LogP contribution in [0.5, 0.6) is 5.75 Å².